The van der Waals surface area contributed by atoms with Crippen molar-refractivity contribution in [2.75, 3.05) is 13.2 Å². The smallest absolute Gasteiger partial charge is 0.266 e. The Kier molecular flexibility index (Phi) is 5.05. The van der Waals surface area contributed by atoms with Gasteiger partial charge >= 0.3 is 0 Å². The van der Waals surface area contributed by atoms with Crippen LogP contribution in [0.2, 0.25) is 0 Å². The quantitative estimate of drug-likeness (QED) is 0.631. The van der Waals surface area contributed by atoms with Crippen molar-refractivity contribution in [3.63, 3.8) is 0 Å². The van der Waals surface area contributed by atoms with Crippen LogP contribution >= 0.6 is 0 Å². The first-order chi connectivity index (χ1) is 13.6. The molecule has 1 aliphatic rings. The second-order valence-electron chi connectivity index (χ2n) is 6.92. The summed E-state index contributed by atoms with van der Waals surface area (Å²) in [6.45, 7) is 4.32. The Morgan fingerprint density at radius 2 is 2.04 bits per heavy atom. The van der Waals surface area contributed by atoms with Crippen LogP contribution in [0.25, 0.3) is 22.8 Å². The minimum absolute atomic E-state index is 0.108. The van der Waals surface area contributed by atoms with E-state index in [4.69, 9.17) is 13.9 Å². The van der Waals surface area contributed by atoms with Crippen molar-refractivity contribution in [1.82, 2.24) is 25.3 Å². The molecule has 0 spiro atoms. The van der Waals surface area contributed by atoms with Gasteiger partial charge in [0.25, 0.3) is 5.89 Å². The molecule has 1 saturated carbocycles. The van der Waals surface area contributed by atoms with E-state index in [0.717, 1.165) is 0 Å². The minimum Gasteiger partial charge on any atom is -0.490 e. The van der Waals surface area contributed by atoms with E-state index in [2.05, 4.69) is 25.3 Å². The third-order valence-corrected chi connectivity index (χ3v) is 4.18. The Morgan fingerprint density at radius 1 is 1.25 bits per heavy atom. The van der Waals surface area contributed by atoms with E-state index < -0.39 is 0 Å². The summed E-state index contributed by atoms with van der Waals surface area (Å²) in [4.78, 5) is 28.2. The molecule has 0 aliphatic heterocycles. The molecule has 1 N–H and O–H groups in total. The molecule has 0 aromatic carbocycles. The maximum absolute atomic E-state index is 11.0. The molecule has 0 saturated heterocycles. The summed E-state index contributed by atoms with van der Waals surface area (Å²) < 4.78 is 17.0. The number of nitrogens with one attached hydrogen (secondary N) is 1. The number of carbonyl (C=O) groups excluding carboxylic acids is 1. The fraction of sp³-hybridized carbons (Fsp3) is 0.421. The molecular formula is C19H21N5O4. The molecular weight excluding hydrogens is 362 g/mol. The molecule has 146 valence electrons. The summed E-state index contributed by atoms with van der Waals surface area (Å²) in [6, 6.07) is 1.52. The molecule has 28 heavy (non-hydrogen) atoms. The topological polar surface area (TPSA) is 112 Å². The maximum atomic E-state index is 11.0. The fourth-order valence-electron chi connectivity index (χ4n) is 2.59. The number of amides is 1. The molecule has 1 amide bonds. The Labute approximate surface area is 161 Å². The van der Waals surface area contributed by atoms with Crippen LogP contribution < -0.4 is 14.8 Å². The highest BCUT2D eigenvalue weighted by molar-refractivity contribution is 5.75. The number of ether oxygens (including phenoxy) is 2. The van der Waals surface area contributed by atoms with Gasteiger partial charge in [-0.25, -0.2) is 19.9 Å². The van der Waals surface area contributed by atoms with Gasteiger partial charge in [0.2, 0.25) is 17.6 Å². The molecule has 3 aromatic heterocycles. The van der Waals surface area contributed by atoms with E-state index in [-0.39, 0.29) is 11.9 Å². The lowest BCUT2D eigenvalue weighted by Crippen LogP contribution is -2.35. The lowest BCUT2D eigenvalue weighted by molar-refractivity contribution is -0.119. The van der Waals surface area contributed by atoms with Gasteiger partial charge in [-0.3, -0.25) is 4.79 Å². The molecule has 1 fully saturated rings. The zero-order valence-electron chi connectivity index (χ0n) is 15.7. The molecule has 0 unspecified atom stereocenters. The first kappa shape index (κ1) is 18.1. The number of nitrogens with zero attached hydrogens (tertiary/aromatic N) is 4. The zero-order chi connectivity index (χ0) is 19.5. The third-order valence-electron chi connectivity index (χ3n) is 4.18. The summed E-state index contributed by atoms with van der Waals surface area (Å²) >= 11 is 0. The van der Waals surface area contributed by atoms with Gasteiger partial charge in [-0.15, -0.1) is 0 Å². The number of aromatic nitrogens is 4. The first-order valence-electron chi connectivity index (χ1n) is 9.18. The van der Waals surface area contributed by atoms with Crippen LogP contribution in [0.4, 0.5) is 0 Å². The van der Waals surface area contributed by atoms with Gasteiger partial charge in [0, 0.05) is 13.0 Å². The molecule has 0 radical (unpaired) electrons. The predicted octanol–water partition coefficient (Wildman–Crippen LogP) is 2.37. The highest BCUT2D eigenvalue weighted by Crippen LogP contribution is 2.29. The Bertz CT molecular complexity index is 968. The predicted molar refractivity (Wildman–Crippen MR) is 99.8 cm³/mol. The van der Waals surface area contributed by atoms with Crippen molar-refractivity contribution < 1.29 is 18.7 Å². The molecule has 3 heterocycles. The number of oxazole rings is 1. The second-order valence-corrected chi connectivity index (χ2v) is 6.92. The first-order valence-corrected chi connectivity index (χ1v) is 9.18. The van der Waals surface area contributed by atoms with E-state index in [1.165, 1.54) is 19.8 Å². The lowest BCUT2D eigenvalue weighted by atomic mass is 10.3. The van der Waals surface area contributed by atoms with Crippen LogP contribution in [0.5, 0.6) is 11.6 Å². The zero-order valence-corrected chi connectivity index (χ0v) is 15.7. The molecule has 0 bridgehead atoms. The molecule has 9 heteroatoms. The number of hydrogen-bond donors (Lipinski definition) is 1. The van der Waals surface area contributed by atoms with Gasteiger partial charge in [0.1, 0.15) is 12.1 Å². The maximum Gasteiger partial charge on any atom is 0.266 e. The number of carbonyl (C=O) groups is 1. The molecule has 4 rings (SSSR count). The van der Waals surface area contributed by atoms with E-state index in [1.807, 2.05) is 6.92 Å². The largest absolute Gasteiger partial charge is 0.490 e. The van der Waals surface area contributed by atoms with Crippen molar-refractivity contribution in [3.05, 3.63) is 24.7 Å². The number of hydrogen-bond acceptors (Lipinski definition) is 8. The monoisotopic (exact) mass is 383 g/mol. The summed E-state index contributed by atoms with van der Waals surface area (Å²) in [6.07, 6.45) is 7.26. The number of fused-ring (bicyclic) bond motifs is 1. The second kappa shape index (κ2) is 7.79. The SMILES string of the molecule is CC(=O)N[C@@H](C)COc1cc2oc(-c3ncc(OCC4CC4)cn3)nc2cn1. The summed E-state index contributed by atoms with van der Waals surface area (Å²) in [5, 5.41) is 2.74. The number of pyridine rings is 1. The van der Waals surface area contributed by atoms with Crippen molar-refractivity contribution in [3.8, 4) is 23.3 Å². The van der Waals surface area contributed by atoms with E-state index in [1.54, 1.807) is 24.7 Å². The van der Waals surface area contributed by atoms with E-state index in [9.17, 15) is 4.79 Å². The normalized spacial score (nSPS) is 14.6. The average Bonchev–Trinajstić information content (AvgIpc) is 3.41. The van der Waals surface area contributed by atoms with Crippen LogP contribution in [0.15, 0.2) is 29.1 Å². The molecule has 1 atom stereocenters. The average molecular weight is 383 g/mol. The van der Waals surface area contributed by atoms with Gasteiger partial charge < -0.3 is 19.2 Å². The number of rotatable bonds is 8. The van der Waals surface area contributed by atoms with Gasteiger partial charge in [-0.2, -0.15) is 0 Å². The van der Waals surface area contributed by atoms with Crippen LogP contribution in [0.3, 0.4) is 0 Å². The molecule has 9 nitrogen and oxygen atoms in total. The van der Waals surface area contributed by atoms with Crippen molar-refractivity contribution >= 4 is 17.0 Å². The lowest BCUT2D eigenvalue weighted by Gasteiger charge is -2.12. The molecule has 3 aromatic rings. The van der Waals surface area contributed by atoms with Crippen molar-refractivity contribution in [2.24, 2.45) is 5.92 Å². The van der Waals surface area contributed by atoms with Crippen LogP contribution in [0.1, 0.15) is 26.7 Å². The third kappa shape index (κ3) is 4.54. The summed E-state index contributed by atoms with van der Waals surface area (Å²) in [5.74, 6) is 2.26. The van der Waals surface area contributed by atoms with Crippen LogP contribution in [-0.4, -0.2) is 45.1 Å². The Balaban J connectivity index is 1.43. The Hall–Kier alpha value is -3.23. The minimum atomic E-state index is -0.130. The van der Waals surface area contributed by atoms with Crippen molar-refractivity contribution in [2.45, 2.75) is 32.7 Å². The van der Waals surface area contributed by atoms with Gasteiger partial charge in [-0.1, -0.05) is 0 Å². The van der Waals surface area contributed by atoms with Crippen molar-refractivity contribution in [1.29, 1.82) is 0 Å². The van der Waals surface area contributed by atoms with Gasteiger partial charge in [-0.05, 0) is 25.7 Å². The Morgan fingerprint density at radius 3 is 2.75 bits per heavy atom. The van der Waals surface area contributed by atoms with E-state index in [0.29, 0.717) is 53.6 Å². The van der Waals surface area contributed by atoms with Crippen LogP contribution in [-0.2, 0) is 4.79 Å². The van der Waals surface area contributed by atoms with E-state index >= 15 is 0 Å². The highest BCUT2D eigenvalue weighted by atomic mass is 16.5. The molecule has 1 aliphatic carbocycles. The summed E-state index contributed by atoms with van der Waals surface area (Å²) in [7, 11) is 0. The highest BCUT2D eigenvalue weighted by Gasteiger charge is 2.22. The standard InChI is InChI=1S/C19H21N5O4/c1-11(23-12(2)25)9-27-17-5-16-15(8-20-17)24-19(28-16)18-21-6-14(7-22-18)26-10-13-3-4-13/h5-8,11,13H,3-4,9-10H2,1-2H3,(H,23,25)/t11-/m0/s1. The van der Waals surface area contributed by atoms with Crippen LogP contribution in [0, 0.1) is 5.92 Å². The van der Waals surface area contributed by atoms with Gasteiger partial charge in [0.15, 0.2) is 11.3 Å². The fourth-order valence-corrected chi connectivity index (χ4v) is 2.59. The summed E-state index contributed by atoms with van der Waals surface area (Å²) in [5.41, 5.74) is 1.10. The van der Waals surface area contributed by atoms with Gasteiger partial charge in [0.05, 0.1) is 31.2 Å².